The fraction of sp³-hybridized carbons (Fsp3) is 0.207. The fourth-order valence-corrected chi connectivity index (χ4v) is 4.38. The molecule has 6 nitrogen and oxygen atoms in total. The first-order chi connectivity index (χ1) is 17.5. The maximum Gasteiger partial charge on any atom is 0.255 e. The van der Waals surface area contributed by atoms with Crippen molar-refractivity contribution in [1.82, 2.24) is 14.5 Å². The topological polar surface area (TPSA) is 67.2 Å². The lowest BCUT2D eigenvalue weighted by atomic mass is 10.2. The number of nitrogens with one attached hydrogen (secondary N) is 1. The highest BCUT2D eigenvalue weighted by molar-refractivity contribution is 6.33. The van der Waals surface area contributed by atoms with Crippen molar-refractivity contribution in [2.45, 2.75) is 19.8 Å². The van der Waals surface area contributed by atoms with Gasteiger partial charge in [0.25, 0.3) is 5.91 Å². The summed E-state index contributed by atoms with van der Waals surface area (Å²) in [7, 11) is 0. The largest absolute Gasteiger partial charge is 0.329 e. The van der Waals surface area contributed by atoms with E-state index in [1.54, 1.807) is 29.2 Å². The molecule has 0 radical (unpaired) electrons. The van der Waals surface area contributed by atoms with E-state index in [2.05, 4.69) is 5.32 Å². The number of hydrogen-bond acceptors (Lipinski definition) is 3. The highest BCUT2D eigenvalue weighted by atomic mass is 35.5. The second kappa shape index (κ2) is 10.4. The normalized spacial score (nSPS) is 12.8. The maximum atomic E-state index is 13.3. The standard InChI is InChI=1S/C29H27ClN4O2/c1-20-8-7-11-23(16-20)34-18-26(22-9-3-2-4-10-22)31-29(34)32-27(35)19-33(17-21-14-15-21)28(36)24-12-5-6-13-25(24)30/h2-13,16,18,21H,14-15,17,19H2,1H3,(H,31,32,35). The van der Waals surface area contributed by atoms with Crippen LogP contribution in [0.1, 0.15) is 28.8 Å². The first-order valence-corrected chi connectivity index (χ1v) is 12.4. The Morgan fingerprint density at radius 1 is 1.03 bits per heavy atom. The van der Waals surface area contributed by atoms with Gasteiger partial charge in [-0.2, -0.15) is 0 Å². The number of hydrogen-bond donors (Lipinski definition) is 1. The predicted octanol–water partition coefficient (Wildman–Crippen LogP) is 5.99. The SMILES string of the molecule is Cc1cccc(-n2cc(-c3ccccc3)nc2NC(=O)CN(CC2CC2)C(=O)c2ccccc2Cl)c1. The summed E-state index contributed by atoms with van der Waals surface area (Å²) in [5.74, 6) is 0.272. The van der Waals surface area contributed by atoms with E-state index in [1.807, 2.05) is 72.3 Å². The van der Waals surface area contributed by atoms with Crippen LogP contribution in [0.25, 0.3) is 16.9 Å². The van der Waals surface area contributed by atoms with Crippen LogP contribution in [0.3, 0.4) is 0 Å². The second-order valence-electron chi connectivity index (χ2n) is 9.18. The second-order valence-corrected chi connectivity index (χ2v) is 9.59. The number of rotatable bonds is 8. The van der Waals surface area contributed by atoms with Crippen molar-refractivity contribution in [3.63, 3.8) is 0 Å². The molecule has 1 aliphatic carbocycles. The molecule has 1 N–H and O–H groups in total. The third-order valence-electron chi connectivity index (χ3n) is 6.21. The van der Waals surface area contributed by atoms with Crippen molar-refractivity contribution >= 4 is 29.4 Å². The minimum Gasteiger partial charge on any atom is -0.329 e. The van der Waals surface area contributed by atoms with Gasteiger partial charge in [-0.25, -0.2) is 4.98 Å². The Morgan fingerprint density at radius 2 is 1.78 bits per heavy atom. The molecule has 3 aromatic carbocycles. The van der Waals surface area contributed by atoms with Crippen molar-refractivity contribution in [1.29, 1.82) is 0 Å². The van der Waals surface area contributed by atoms with Crippen LogP contribution in [-0.4, -0.2) is 39.4 Å². The van der Waals surface area contributed by atoms with Crippen LogP contribution < -0.4 is 5.32 Å². The van der Waals surface area contributed by atoms with Gasteiger partial charge in [0.1, 0.15) is 6.54 Å². The first kappa shape index (κ1) is 23.8. The van der Waals surface area contributed by atoms with Gasteiger partial charge in [0, 0.05) is 24.0 Å². The Bertz CT molecular complexity index is 1400. The van der Waals surface area contributed by atoms with E-state index in [9.17, 15) is 9.59 Å². The average molecular weight is 499 g/mol. The number of amides is 2. The molecule has 1 saturated carbocycles. The molecule has 182 valence electrons. The lowest BCUT2D eigenvalue weighted by Gasteiger charge is -2.22. The molecule has 4 aromatic rings. The molecule has 1 aliphatic rings. The summed E-state index contributed by atoms with van der Waals surface area (Å²) < 4.78 is 1.87. The molecule has 0 bridgehead atoms. The van der Waals surface area contributed by atoms with Gasteiger partial charge < -0.3 is 4.90 Å². The van der Waals surface area contributed by atoms with Crippen LogP contribution in [-0.2, 0) is 4.79 Å². The zero-order chi connectivity index (χ0) is 25.1. The number of carbonyl (C=O) groups excluding carboxylic acids is 2. The molecule has 2 amide bonds. The molecule has 0 saturated heterocycles. The van der Waals surface area contributed by atoms with Gasteiger partial charge in [-0.15, -0.1) is 0 Å². The minimum absolute atomic E-state index is 0.0814. The number of aromatic nitrogens is 2. The Balaban J connectivity index is 1.42. The average Bonchev–Trinajstić information content (AvgIpc) is 3.60. The van der Waals surface area contributed by atoms with E-state index in [0.29, 0.717) is 29.0 Å². The molecule has 0 unspecified atom stereocenters. The Labute approximate surface area is 215 Å². The lowest BCUT2D eigenvalue weighted by Crippen LogP contribution is -2.39. The molecule has 7 heteroatoms. The van der Waals surface area contributed by atoms with Gasteiger partial charge in [0.15, 0.2) is 0 Å². The van der Waals surface area contributed by atoms with Crippen LogP contribution in [0.15, 0.2) is 85.1 Å². The molecule has 5 rings (SSSR count). The van der Waals surface area contributed by atoms with E-state index in [0.717, 1.165) is 35.3 Å². The lowest BCUT2D eigenvalue weighted by molar-refractivity contribution is -0.117. The summed E-state index contributed by atoms with van der Waals surface area (Å²) in [5, 5.41) is 3.33. The summed E-state index contributed by atoms with van der Waals surface area (Å²) in [6.07, 6.45) is 4.04. The molecular formula is C29H27ClN4O2. The van der Waals surface area contributed by atoms with Gasteiger partial charge in [0.2, 0.25) is 11.9 Å². The van der Waals surface area contributed by atoms with Gasteiger partial charge in [-0.05, 0) is 55.5 Å². The number of aryl methyl sites for hydroxylation is 1. The summed E-state index contributed by atoms with van der Waals surface area (Å²) in [6, 6.07) is 24.8. The van der Waals surface area contributed by atoms with Crippen LogP contribution in [0.4, 0.5) is 5.95 Å². The third kappa shape index (κ3) is 5.50. The van der Waals surface area contributed by atoms with Crippen LogP contribution in [0.2, 0.25) is 5.02 Å². The zero-order valence-electron chi connectivity index (χ0n) is 20.0. The van der Waals surface area contributed by atoms with Crippen molar-refractivity contribution in [3.8, 4) is 16.9 Å². The fourth-order valence-electron chi connectivity index (χ4n) is 4.16. The predicted molar refractivity (Wildman–Crippen MR) is 142 cm³/mol. The van der Waals surface area contributed by atoms with E-state index >= 15 is 0 Å². The highest BCUT2D eigenvalue weighted by Crippen LogP contribution is 2.31. The summed E-state index contributed by atoms with van der Waals surface area (Å²) in [5.41, 5.74) is 4.08. The molecule has 0 aliphatic heterocycles. The number of halogens is 1. The van der Waals surface area contributed by atoms with Gasteiger partial charge in [-0.3, -0.25) is 19.5 Å². The van der Waals surface area contributed by atoms with Gasteiger partial charge in [-0.1, -0.05) is 66.2 Å². The number of benzene rings is 3. The van der Waals surface area contributed by atoms with Crippen LogP contribution in [0.5, 0.6) is 0 Å². The van der Waals surface area contributed by atoms with Gasteiger partial charge >= 0.3 is 0 Å². The monoisotopic (exact) mass is 498 g/mol. The van der Waals surface area contributed by atoms with Crippen molar-refractivity contribution in [3.05, 3.63) is 101 Å². The van der Waals surface area contributed by atoms with E-state index in [-0.39, 0.29) is 18.4 Å². The summed E-state index contributed by atoms with van der Waals surface area (Å²) in [4.78, 5) is 32.8. The molecule has 0 spiro atoms. The molecule has 36 heavy (non-hydrogen) atoms. The van der Waals surface area contributed by atoms with Gasteiger partial charge in [0.05, 0.1) is 16.3 Å². The van der Waals surface area contributed by atoms with Crippen LogP contribution in [0, 0.1) is 12.8 Å². The Kier molecular flexibility index (Phi) is 6.87. The Morgan fingerprint density at radius 3 is 2.50 bits per heavy atom. The Hall–Kier alpha value is -3.90. The van der Waals surface area contributed by atoms with Crippen molar-refractivity contribution in [2.24, 2.45) is 5.92 Å². The number of nitrogens with zero attached hydrogens (tertiary/aromatic N) is 3. The summed E-state index contributed by atoms with van der Waals surface area (Å²) in [6.45, 7) is 2.47. The van der Waals surface area contributed by atoms with E-state index in [1.165, 1.54) is 0 Å². The zero-order valence-corrected chi connectivity index (χ0v) is 20.8. The van der Waals surface area contributed by atoms with Crippen LogP contribution >= 0.6 is 11.6 Å². The smallest absolute Gasteiger partial charge is 0.255 e. The van der Waals surface area contributed by atoms with E-state index < -0.39 is 0 Å². The van der Waals surface area contributed by atoms with E-state index in [4.69, 9.17) is 16.6 Å². The summed E-state index contributed by atoms with van der Waals surface area (Å²) >= 11 is 6.28. The number of anilines is 1. The molecular weight excluding hydrogens is 472 g/mol. The highest BCUT2D eigenvalue weighted by Gasteiger charge is 2.29. The molecule has 0 atom stereocenters. The van der Waals surface area contributed by atoms with Crippen molar-refractivity contribution in [2.75, 3.05) is 18.4 Å². The molecule has 1 heterocycles. The third-order valence-corrected chi connectivity index (χ3v) is 6.54. The first-order valence-electron chi connectivity index (χ1n) is 12.0. The molecule has 1 fully saturated rings. The van der Waals surface area contributed by atoms with Crippen molar-refractivity contribution < 1.29 is 9.59 Å². The molecule has 1 aromatic heterocycles. The minimum atomic E-state index is -0.310. The maximum absolute atomic E-state index is 13.3. The quantitative estimate of drug-likeness (QED) is 0.324. The number of carbonyl (C=O) groups is 2. The number of imidazole rings is 1.